The van der Waals surface area contributed by atoms with Crippen LogP contribution in [-0.2, 0) is 16.1 Å². The Bertz CT molecular complexity index is 600. The maximum atomic E-state index is 11.8. The highest BCUT2D eigenvalue weighted by Gasteiger charge is 2.17. The molecule has 110 valence electrons. The van der Waals surface area contributed by atoms with Crippen molar-refractivity contribution in [2.45, 2.75) is 19.6 Å². The van der Waals surface area contributed by atoms with Crippen molar-refractivity contribution >= 4 is 17.9 Å². The molecule has 2 rings (SSSR count). The summed E-state index contributed by atoms with van der Waals surface area (Å²) in [7, 11) is 0. The first kappa shape index (κ1) is 14.5. The first-order valence-corrected chi connectivity index (χ1v) is 6.19. The number of nitrogen functional groups attached to an aromatic ring is 2. The van der Waals surface area contributed by atoms with Crippen molar-refractivity contribution in [3.8, 4) is 5.75 Å². The number of ether oxygens (including phenoxy) is 2. The maximum absolute atomic E-state index is 11.8. The zero-order valence-corrected chi connectivity index (χ0v) is 11.4. The average Bonchev–Trinajstić information content (AvgIpc) is 2.44. The molecule has 2 aromatic rings. The van der Waals surface area contributed by atoms with E-state index in [0.29, 0.717) is 5.75 Å². The molecule has 0 aliphatic rings. The van der Waals surface area contributed by atoms with Gasteiger partial charge in [0.1, 0.15) is 5.75 Å². The van der Waals surface area contributed by atoms with Crippen molar-refractivity contribution in [1.29, 1.82) is 0 Å². The Kier molecular flexibility index (Phi) is 4.50. The molecule has 0 saturated heterocycles. The summed E-state index contributed by atoms with van der Waals surface area (Å²) in [6.07, 6.45) is -0.760. The Labute approximate surface area is 121 Å². The molecule has 1 aromatic carbocycles. The highest BCUT2D eigenvalue weighted by molar-refractivity contribution is 5.74. The van der Waals surface area contributed by atoms with Crippen LogP contribution >= 0.6 is 0 Å². The number of carbonyl (C=O) groups excluding carboxylic acids is 1. The molecule has 0 fully saturated rings. The van der Waals surface area contributed by atoms with Gasteiger partial charge in [-0.25, -0.2) is 4.79 Å². The largest absolute Gasteiger partial charge is 0.479 e. The molecule has 0 aliphatic heterocycles. The third-order valence-electron chi connectivity index (χ3n) is 2.45. The van der Waals surface area contributed by atoms with E-state index in [1.54, 1.807) is 19.1 Å². The molecule has 8 nitrogen and oxygen atoms in total. The van der Waals surface area contributed by atoms with Crippen LogP contribution in [0.4, 0.5) is 11.9 Å². The zero-order valence-electron chi connectivity index (χ0n) is 11.4. The Balaban J connectivity index is 1.89. The number of rotatable bonds is 5. The number of hydrogen-bond donors (Lipinski definition) is 2. The number of anilines is 2. The molecular formula is C13H15N5O3. The molecule has 21 heavy (non-hydrogen) atoms. The molecule has 4 N–H and O–H groups in total. The van der Waals surface area contributed by atoms with E-state index in [9.17, 15) is 4.79 Å². The van der Waals surface area contributed by atoms with E-state index in [1.165, 1.54) is 0 Å². The first-order valence-electron chi connectivity index (χ1n) is 6.19. The van der Waals surface area contributed by atoms with Crippen LogP contribution in [-0.4, -0.2) is 27.0 Å². The fourth-order valence-corrected chi connectivity index (χ4v) is 1.53. The summed E-state index contributed by atoms with van der Waals surface area (Å²) in [5, 5.41) is 0. The number of hydrogen-bond acceptors (Lipinski definition) is 8. The molecule has 0 amide bonds. The summed E-state index contributed by atoms with van der Waals surface area (Å²) in [4.78, 5) is 23.0. The fraction of sp³-hybridized carbons (Fsp3) is 0.231. The number of nitrogens with two attached hydrogens (primary N) is 2. The Morgan fingerprint density at radius 2 is 1.76 bits per heavy atom. The predicted molar refractivity (Wildman–Crippen MR) is 75.0 cm³/mol. The lowest BCUT2D eigenvalue weighted by molar-refractivity contribution is -0.152. The van der Waals surface area contributed by atoms with Crippen LogP contribution in [0.1, 0.15) is 12.7 Å². The van der Waals surface area contributed by atoms with E-state index < -0.39 is 12.1 Å². The molecule has 0 aliphatic carbocycles. The number of para-hydroxylation sites is 1. The van der Waals surface area contributed by atoms with E-state index in [1.807, 2.05) is 18.2 Å². The van der Waals surface area contributed by atoms with Crippen molar-refractivity contribution in [2.24, 2.45) is 0 Å². The molecule has 0 saturated carbocycles. The standard InChI is InChI=1S/C13H15N5O3/c1-8(21-9-5-3-2-4-6-9)11(19)20-7-10-16-12(14)18-13(15)17-10/h2-6,8H,7H2,1H3,(H4,14,15,16,17,18)/t8-/m0/s1. The normalized spacial score (nSPS) is 11.7. The van der Waals surface area contributed by atoms with Crippen LogP contribution in [0.15, 0.2) is 30.3 Å². The second-order valence-corrected chi connectivity index (χ2v) is 4.15. The lowest BCUT2D eigenvalue weighted by Crippen LogP contribution is -2.26. The van der Waals surface area contributed by atoms with Gasteiger partial charge in [0.15, 0.2) is 18.5 Å². The van der Waals surface area contributed by atoms with E-state index >= 15 is 0 Å². The van der Waals surface area contributed by atoms with E-state index in [-0.39, 0.29) is 24.3 Å². The van der Waals surface area contributed by atoms with E-state index in [0.717, 1.165) is 0 Å². The van der Waals surface area contributed by atoms with Crippen LogP contribution in [0, 0.1) is 0 Å². The van der Waals surface area contributed by atoms with Gasteiger partial charge >= 0.3 is 5.97 Å². The predicted octanol–water partition coefficient (Wildman–Crippen LogP) is 0.547. The Morgan fingerprint density at radius 1 is 1.14 bits per heavy atom. The lowest BCUT2D eigenvalue weighted by atomic mass is 10.3. The van der Waals surface area contributed by atoms with Crippen molar-refractivity contribution in [1.82, 2.24) is 15.0 Å². The highest BCUT2D eigenvalue weighted by atomic mass is 16.6. The summed E-state index contributed by atoms with van der Waals surface area (Å²) in [5.74, 6) is 0.163. The summed E-state index contributed by atoms with van der Waals surface area (Å²) >= 11 is 0. The quantitative estimate of drug-likeness (QED) is 0.764. The number of nitrogens with zero attached hydrogens (tertiary/aromatic N) is 3. The van der Waals surface area contributed by atoms with Gasteiger partial charge < -0.3 is 20.9 Å². The third kappa shape index (κ3) is 4.30. The van der Waals surface area contributed by atoms with E-state index in [4.69, 9.17) is 20.9 Å². The maximum Gasteiger partial charge on any atom is 0.347 e. The van der Waals surface area contributed by atoms with Crippen molar-refractivity contribution in [3.63, 3.8) is 0 Å². The molecule has 0 spiro atoms. The van der Waals surface area contributed by atoms with Crippen molar-refractivity contribution in [2.75, 3.05) is 11.5 Å². The second kappa shape index (κ2) is 6.51. The Hall–Kier alpha value is -2.90. The minimum Gasteiger partial charge on any atom is -0.479 e. The summed E-state index contributed by atoms with van der Waals surface area (Å²) in [6.45, 7) is 1.43. The van der Waals surface area contributed by atoms with Crippen LogP contribution < -0.4 is 16.2 Å². The van der Waals surface area contributed by atoms with Crippen LogP contribution in [0.5, 0.6) is 5.75 Å². The minimum atomic E-state index is -0.760. The minimum absolute atomic E-state index is 0.0258. The topological polar surface area (TPSA) is 126 Å². The smallest absolute Gasteiger partial charge is 0.347 e. The summed E-state index contributed by atoms with van der Waals surface area (Å²) < 4.78 is 10.5. The average molecular weight is 289 g/mol. The zero-order chi connectivity index (χ0) is 15.2. The first-order chi connectivity index (χ1) is 10.0. The van der Waals surface area contributed by atoms with Gasteiger partial charge in [0, 0.05) is 0 Å². The number of carbonyl (C=O) groups is 1. The van der Waals surface area contributed by atoms with Gasteiger partial charge in [0.05, 0.1) is 0 Å². The van der Waals surface area contributed by atoms with Crippen molar-refractivity contribution in [3.05, 3.63) is 36.2 Å². The van der Waals surface area contributed by atoms with Crippen molar-refractivity contribution < 1.29 is 14.3 Å². The molecule has 1 aromatic heterocycles. The lowest BCUT2D eigenvalue weighted by Gasteiger charge is -2.13. The molecule has 0 radical (unpaired) electrons. The molecule has 1 heterocycles. The molecule has 0 unspecified atom stereocenters. The Morgan fingerprint density at radius 3 is 2.38 bits per heavy atom. The van der Waals surface area contributed by atoms with Crippen LogP contribution in [0.2, 0.25) is 0 Å². The second-order valence-electron chi connectivity index (χ2n) is 4.15. The summed E-state index contributed by atoms with van der Waals surface area (Å²) in [5.41, 5.74) is 10.8. The monoisotopic (exact) mass is 289 g/mol. The van der Waals surface area contributed by atoms with Crippen LogP contribution in [0.25, 0.3) is 0 Å². The fourth-order valence-electron chi connectivity index (χ4n) is 1.53. The van der Waals surface area contributed by atoms with Gasteiger partial charge in [-0.3, -0.25) is 0 Å². The van der Waals surface area contributed by atoms with E-state index in [2.05, 4.69) is 15.0 Å². The number of aromatic nitrogens is 3. The molecular weight excluding hydrogens is 274 g/mol. The van der Waals surface area contributed by atoms with Gasteiger partial charge in [0.2, 0.25) is 11.9 Å². The number of benzene rings is 1. The van der Waals surface area contributed by atoms with Gasteiger partial charge in [-0.2, -0.15) is 15.0 Å². The third-order valence-corrected chi connectivity index (χ3v) is 2.45. The highest BCUT2D eigenvalue weighted by Crippen LogP contribution is 2.11. The summed E-state index contributed by atoms with van der Waals surface area (Å²) in [6, 6.07) is 8.97. The van der Waals surface area contributed by atoms with Crippen LogP contribution in [0.3, 0.4) is 0 Å². The van der Waals surface area contributed by atoms with Gasteiger partial charge in [0.25, 0.3) is 0 Å². The van der Waals surface area contributed by atoms with Gasteiger partial charge in [-0.15, -0.1) is 0 Å². The SMILES string of the molecule is C[C@H](Oc1ccccc1)C(=O)OCc1nc(N)nc(N)n1. The molecule has 0 bridgehead atoms. The molecule has 1 atom stereocenters. The number of esters is 1. The van der Waals surface area contributed by atoms with Gasteiger partial charge in [-0.05, 0) is 19.1 Å². The molecule has 8 heteroatoms. The van der Waals surface area contributed by atoms with Gasteiger partial charge in [-0.1, -0.05) is 18.2 Å².